The molecule has 0 radical (unpaired) electrons. The van der Waals surface area contributed by atoms with E-state index >= 15 is 0 Å². The Balaban J connectivity index is 1.81. The van der Waals surface area contributed by atoms with Gasteiger partial charge >= 0.3 is 0 Å². The minimum Gasteiger partial charge on any atom is -0.321 e. The molecule has 1 aromatic carbocycles. The van der Waals surface area contributed by atoms with Gasteiger partial charge in [-0.2, -0.15) is 0 Å². The molecule has 0 aromatic heterocycles. The molecule has 92 valence electrons. The topological polar surface area (TPSA) is 26.0 Å². The molecule has 0 amide bonds. The Hall–Kier alpha value is -0.890. The van der Waals surface area contributed by atoms with Crippen molar-refractivity contribution in [2.24, 2.45) is 17.6 Å². The van der Waals surface area contributed by atoms with Crippen LogP contribution in [0.5, 0.6) is 0 Å². The smallest absolute Gasteiger partial charge is 0.123 e. The van der Waals surface area contributed by atoms with E-state index in [9.17, 15) is 4.39 Å². The van der Waals surface area contributed by atoms with Crippen LogP contribution in [0.4, 0.5) is 4.39 Å². The first-order valence-corrected chi connectivity index (χ1v) is 6.72. The predicted octanol–water partition coefficient (Wildman–Crippen LogP) is 3.58. The highest BCUT2D eigenvalue weighted by Gasteiger charge is 2.40. The molecular formula is C15H20FN. The maximum Gasteiger partial charge on any atom is 0.123 e. The lowest BCUT2D eigenvalue weighted by atomic mass is 9.71. The Kier molecular flexibility index (Phi) is 2.70. The Morgan fingerprint density at radius 3 is 2.41 bits per heavy atom. The molecule has 0 heterocycles. The van der Waals surface area contributed by atoms with E-state index in [0.717, 1.165) is 30.2 Å². The molecule has 0 spiro atoms. The molecule has 0 aliphatic heterocycles. The highest BCUT2D eigenvalue weighted by atomic mass is 19.1. The third-order valence-electron chi connectivity index (χ3n) is 4.53. The summed E-state index contributed by atoms with van der Waals surface area (Å²) in [6.07, 6.45) is 7.47. The van der Waals surface area contributed by atoms with E-state index in [1.165, 1.54) is 37.8 Å². The van der Waals surface area contributed by atoms with Crippen molar-refractivity contribution in [1.82, 2.24) is 0 Å². The number of hydrogen-bond acceptors (Lipinski definition) is 1. The van der Waals surface area contributed by atoms with Gasteiger partial charge in [0.25, 0.3) is 0 Å². The van der Waals surface area contributed by atoms with Crippen LogP contribution in [0.15, 0.2) is 24.3 Å². The lowest BCUT2D eigenvalue weighted by Crippen LogP contribution is -2.41. The quantitative estimate of drug-likeness (QED) is 0.830. The average Bonchev–Trinajstić information content (AvgIpc) is 3.13. The second-order valence-corrected chi connectivity index (χ2v) is 5.86. The first kappa shape index (κ1) is 11.2. The summed E-state index contributed by atoms with van der Waals surface area (Å²) in [6.45, 7) is 0. The van der Waals surface area contributed by atoms with E-state index in [1.807, 2.05) is 12.1 Å². The first-order valence-electron chi connectivity index (χ1n) is 6.72. The highest BCUT2D eigenvalue weighted by Crippen LogP contribution is 2.48. The summed E-state index contributed by atoms with van der Waals surface area (Å²) in [6, 6.07) is 6.80. The fraction of sp³-hybridized carbons (Fsp3) is 0.600. The summed E-state index contributed by atoms with van der Waals surface area (Å²) in [5.74, 6) is 1.56. The molecule has 0 saturated heterocycles. The van der Waals surface area contributed by atoms with Gasteiger partial charge < -0.3 is 5.73 Å². The van der Waals surface area contributed by atoms with Crippen LogP contribution < -0.4 is 5.73 Å². The summed E-state index contributed by atoms with van der Waals surface area (Å²) >= 11 is 0. The molecule has 0 bridgehead atoms. The van der Waals surface area contributed by atoms with Gasteiger partial charge in [-0.15, -0.1) is 0 Å². The predicted molar refractivity (Wildman–Crippen MR) is 66.9 cm³/mol. The third-order valence-corrected chi connectivity index (χ3v) is 4.53. The molecule has 1 nitrogen and oxygen atoms in total. The Morgan fingerprint density at radius 1 is 1.06 bits per heavy atom. The minimum atomic E-state index is -0.209. The molecule has 2 atom stereocenters. The van der Waals surface area contributed by atoms with Crippen molar-refractivity contribution in [2.75, 3.05) is 0 Å². The zero-order valence-corrected chi connectivity index (χ0v) is 10.2. The molecule has 3 rings (SSSR count). The summed E-state index contributed by atoms with van der Waals surface area (Å²) < 4.78 is 13.0. The van der Waals surface area contributed by atoms with Crippen molar-refractivity contribution in [3.05, 3.63) is 35.6 Å². The molecule has 2 fully saturated rings. The number of benzene rings is 1. The van der Waals surface area contributed by atoms with Crippen LogP contribution in [0, 0.1) is 17.7 Å². The average molecular weight is 233 g/mol. The lowest BCUT2D eigenvalue weighted by Gasteiger charge is -2.38. The summed E-state index contributed by atoms with van der Waals surface area (Å²) in [7, 11) is 0. The zero-order chi connectivity index (χ0) is 11.9. The van der Waals surface area contributed by atoms with Crippen molar-refractivity contribution in [3.63, 3.8) is 0 Å². The fourth-order valence-corrected chi connectivity index (χ4v) is 3.37. The van der Waals surface area contributed by atoms with Crippen molar-refractivity contribution < 1.29 is 4.39 Å². The van der Waals surface area contributed by atoms with E-state index < -0.39 is 0 Å². The van der Waals surface area contributed by atoms with E-state index in [1.54, 1.807) is 0 Å². The number of halogens is 1. The standard InChI is InChI=1S/C15H20FN/c16-14-7-5-13(6-8-14)15(17)9-1-2-12(10-15)11-3-4-11/h5-8,11-12H,1-4,9-10,17H2. The number of rotatable bonds is 2. The van der Waals surface area contributed by atoms with Crippen LogP contribution in [0.2, 0.25) is 0 Å². The van der Waals surface area contributed by atoms with Crippen LogP contribution in [0.3, 0.4) is 0 Å². The van der Waals surface area contributed by atoms with Crippen LogP contribution in [0.25, 0.3) is 0 Å². The molecule has 1 aromatic rings. The minimum absolute atomic E-state index is 0.174. The van der Waals surface area contributed by atoms with Crippen molar-refractivity contribution in [3.8, 4) is 0 Å². The molecule has 2 saturated carbocycles. The molecule has 2 unspecified atom stereocenters. The Bertz CT molecular complexity index is 396. The maximum absolute atomic E-state index is 13.0. The molecule has 2 heteroatoms. The van der Waals surface area contributed by atoms with Gasteiger partial charge in [-0.3, -0.25) is 0 Å². The van der Waals surface area contributed by atoms with E-state index in [4.69, 9.17) is 5.73 Å². The van der Waals surface area contributed by atoms with E-state index in [-0.39, 0.29) is 11.4 Å². The van der Waals surface area contributed by atoms with Crippen molar-refractivity contribution in [1.29, 1.82) is 0 Å². The Labute approximate surface area is 102 Å². The first-order chi connectivity index (χ1) is 8.17. The van der Waals surface area contributed by atoms with Crippen LogP contribution in [0.1, 0.15) is 44.1 Å². The van der Waals surface area contributed by atoms with Gasteiger partial charge in [0.2, 0.25) is 0 Å². The molecule has 2 aliphatic carbocycles. The molecule has 2 aliphatic rings. The van der Waals surface area contributed by atoms with Gasteiger partial charge in [-0.1, -0.05) is 25.0 Å². The van der Waals surface area contributed by atoms with Crippen LogP contribution in [-0.4, -0.2) is 0 Å². The largest absolute Gasteiger partial charge is 0.321 e. The Morgan fingerprint density at radius 2 is 1.76 bits per heavy atom. The van der Waals surface area contributed by atoms with Crippen molar-refractivity contribution in [2.45, 2.75) is 44.1 Å². The SMILES string of the molecule is NC1(c2ccc(F)cc2)CCCC(C2CC2)C1. The monoisotopic (exact) mass is 233 g/mol. The molecule has 17 heavy (non-hydrogen) atoms. The zero-order valence-electron chi connectivity index (χ0n) is 10.2. The summed E-state index contributed by atoms with van der Waals surface area (Å²) in [5.41, 5.74) is 7.47. The lowest BCUT2D eigenvalue weighted by molar-refractivity contribution is 0.206. The number of nitrogens with two attached hydrogens (primary N) is 1. The summed E-state index contributed by atoms with van der Waals surface area (Å²) in [5, 5.41) is 0. The van der Waals surface area contributed by atoms with Crippen LogP contribution >= 0.6 is 0 Å². The molecular weight excluding hydrogens is 213 g/mol. The summed E-state index contributed by atoms with van der Waals surface area (Å²) in [4.78, 5) is 0. The van der Waals surface area contributed by atoms with Gasteiger partial charge in [-0.05, 0) is 55.2 Å². The number of hydrogen-bond donors (Lipinski definition) is 1. The third kappa shape index (κ3) is 2.23. The normalized spacial score (nSPS) is 33.6. The van der Waals surface area contributed by atoms with Gasteiger partial charge in [0, 0.05) is 5.54 Å². The second kappa shape index (κ2) is 4.09. The van der Waals surface area contributed by atoms with E-state index in [2.05, 4.69) is 0 Å². The molecule has 2 N–H and O–H groups in total. The van der Waals surface area contributed by atoms with Gasteiger partial charge in [0.15, 0.2) is 0 Å². The van der Waals surface area contributed by atoms with Gasteiger partial charge in [0.05, 0.1) is 0 Å². The highest BCUT2D eigenvalue weighted by molar-refractivity contribution is 5.25. The second-order valence-electron chi connectivity index (χ2n) is 5.86. The van der Waals surface area contributed by atoms with E-state index in [0.29, 0.717) is 0 Å². The van der Waals surface area contributed by atoms with Crippen LogP contribution in [-0.2, 0) is 5.54 Å². The van der Waals surface area contributed by atoms with Gasteiger partial charge in [0.1, 0.15) is 5.82 Å². The maximum atomic E-state index is 13.0. The van der Waals surface area contributed by atoms with Gasteiger partial charge in [-0.25, -0.2) is 4.39 Å². The fourth-order valence-electron chi connectivity index (χ4n) is 3.37. The van der Waals surface area contributed by atoms with Crippen molar-refractivity contribution >= 4 is 0 Å².